The fourth-order valence-electron chi connectivity index (χ4n) is 2.70. The lowest BCUT2D eigenvalue weighted by molar-refractivity contribution is -0.144. The summed E-state index contributed by atoms with van der Waals surface area (Å²) in [5.74, 6) is -1.28. The first-order valence-electron chi connectivity index (χ1n) is 6.57. The van der Waals surface area contributed by atoms with Crippen LogP contribution in [-0.4, -0.2) is 23.1 Å². The van der Waals surface area contributed by atoms with Crippen molar-refractivity contribution >= 4 is 11.9 Å². The summed E-state index contributed by atoms with van der Waals surface area (Å²) in [6, 6.07) is 6.95. The Hall–Kier alpha value is -1.84. The molecule has 0 unspecified atom stereocenters. The van der Waals surface area contributed by atoms with E-state index in [1.807, 2.05) is 26.0 Å². The second-order valence-electron chi connectivity index (χ2n) is 5.02. The zero-order valence-corrected chi connectivity index (χ0v) is 11.1. The molecule has 0 saturated carbocycles. The minimum absolute atomic E-state index is 0.0544. The Morgan fingerprint density at radius 2 is 2.16 bits per heavy atom. The monoisotopic (exact) mass is 262 g/mol. The maximum absolute atomic E-state index is 11.5. The van der Waals surface area contributed by atoms with Gasteiger partial charge in [0.1, 0.15) is 6.10 Å². The van der Waals surface area contributed by atoms with Gasteiger partial charge in [-0.3, -0.25) is 4.79 Å². The third-order valence-electron chi connectivity index (χ3n) is 3.74. The number of carbonyl (C=O) groups excluding carboxylic acids is 1. The van der Waals surface area contributed by atoms with E-state index in [2.05, 4.69) is 0 Å². The van der Waals surface area contributed by atoms with E-state index in [1.165, 1.54) is 0 Å². The molecule has 1 saturated heterocycles. The minimum Gasteiger partial charge on any atom is -0.478 e. The number of rotatable bonds is 4. The number of aromatic carboxylic acids is 1. The largest absolute Gasteiger partial charge is 0.478 e. The fourth-order valence-corrected chi connectivity index (χ4v) is 2.70. The van der Waals surface area contributed by atoms with E-state index < -0.39 is 5.97 Å². The Morgan fingerprint density at radius 1 is 1.47 bits per heavy atom. The summed E-state index contributed by atoms with van der Waals surface area (Å²) in [7, 11) is 0. The molecule has 1 aromatic rings. The molecule has 0 aromatic heterocycles. The molecule has 0 amide bonds. The van der Waals surface area contributed by atoms with Crippen LogP contribution in [0.1, 0.15) is 48.5 Å². The van der Waals surface area contributed by atoms with Gasteiger partial charge in [0.15, 0.2) is 0 Å². The van der Waals surface area contributed by atoms with Crippen molar-refractivity contribution in [2.75, 3.05) is 0 Å². The van der Waals surface area contributed by atoms with E-state index in [0.717, 1.165) is 12.0 Å². The quantitative estimate of drug-likeness (QED) is 0.847. The Morgan fingerprint density at radius 3 is 2.68 bits per heavy atom. The van der Waals surface area contributed by atoms with Gasteiger partial charge in [0, 0.05) is 5.92 Å². The number of carboxylic acids is 1. The van der Waals surface area contributed by atoms with Crippen LogP contribution >= 0.6 is 0 Å². The number of hydrogen-bond acceptors (Lipinski definition) is 3. The molecule has 102 valence electrons. The highest BCUT2D eigenvalue weighted by molar-refractivity contribution is 5.89. The first-order chi connectivity index (χ1) is 9.04. The lowest BCUT2D eigenvalue weighted by atomic mass is 9.85. The topological polar surface area (TPSA) is 63.6 Å². The number of carbonyl (C=O) groups is 2. The normalized spacial score (nSPS) is 24.0. The Kier molecular flexibility index (Phi) is 3.88. The molecule has 4 nitrogen and oxygen atoms in total. The van der Waals surface area contributed by atoms with Gasteiger partial charge in [-0.05, 0) is 24.5 Å². The van der Waals surface area contributed by atoms with Crippen molar-refractivity contribution in [1.29, 1.82) is 0 Å². The van der Waals surface area contributed by atoms with Crippen molar-refractivity contribution < 1.29 is 19.4 Å². The Labute approximate surface area is 112 Å². The van der Waals surface area contributed by atoms with Crippen LogP contribution in [0.15, 0.2) is 24.3 Å². The van der Waals surface area contributed by atoms with Gasteiger partial charge in [0.2, 0.25) is 0 Å². The number of ether oxygens (including phenoxy) is 1. The van der Waals surface area contributed by atoms with Gasteiger partial charge in [-0.25, -0.2) is 4.79 Å². The Balaban J connectivity index is 2.33. The third kappa shape index (κ3) is 2.62. The summed E-state index contributed by atoms with van der Waals surface area (Å²) in [5, 5.41) is 9.25. The first kappa shape index (κ1) is 13.6. The standard InChI is InChI=1S/C15H18O4/c1-3-10(13-8-9(2)15(18)19-13)11-6-4-5-7-12(11)14(16)17/h4-7,9-10,13H,3,8H2,1-2H3,(H,16,17)/t9-,10+,13+/m1/s1. The van der Waals surface area contributed by atoms with Crippen LogP contribution in [0.4, 0.5) is 0 Å². The van der Waals surface area contributed by atoms with Crippen molar-refractivity contribution in [2.45, 2.75) is 38.7 Å². The van der Waals surface area contributed by atoms with E-state index in [0.29, 0.717) is 12.0 Å². The molecule has 1 fully saturated rings. The highest BCUT2D eigenvalue weighted by Crippen LogP contribution is 2.35. The van der Waals surface area contributed by atoms with Crippen LogP contribution in [0.5, 0.6) is 0 Å². The summed E-state index contributed by atoms with van der Waals surface area (Å²) in [6.45, 7) is 3.83. The molecule has 1 aliphatic heterocycles. The van der Waals surface area contributed by atoms with Gasteiger partial charge in [-0.2, -0.15) is 0 Å². The zero-order valence-electron chi connectivity index (χ0n) is 11.1. The molecule has 3 atom stereocenters. The highest BCUT2D eigenvalue weighted by atomic mass is 16.6. The molecule has 2 rings (SSSR count). The van der Waals surface area contributed by atoms with Gasteiger partial charge in [-0.15, -0.1) is 0 Å². The lowest BCUT2D eigenvalue weighted by Gasteiger charge is -2.23. The van der Waals surface area contributed by atoms with Crippen LogP contribution in [-0.2, 0) is 9.53 Å². The fraction of sp³-hybridized carbons (Fsp3) is 0.467. The molecule has 0 spiro atoms. The lowest BCUT2D eigenvalue weighted by Crippen LogP contribution is -2.20. The van der Waals surface area contributed by atoms with Gasteiger partial charge < -0.3 is 9.84 Å². The number of carboxylic acid groups (broad SMARTS) is 1. The van der Waals surface area contributed by atoms with Gasteiger partial charge >= 0.3 is 11.9 Å². The summed E-state index contributed by atoms with van der Waals surface area (Å²) in [5.41, 5.74) is 1.05. The molecule has 0 aliphatic carbocycles. The maximum atomic E-state index is 11.5. The van der Waals surface area contributed by atoms with Crippen LogP contribution in [0.3, 0.4) is 0 Å². The smallest absolute Gasteiger partial charge is 0.335 e. The molecule has 0 bridgehead atoms. The molecule has 0 radical (unpaired) electrons. The van der Waals surface area contributed by atoms with Gasteiger partial charge in [0.05, 0.1) is 11.5 Å². The van der Waals surface area contributed by atoms with Crippen LogP contribution < -0.4 is 0 Å². The summed E-state index contributed by atoms with van der Waals surface area (Å²) in [4.78, 5) is 22.8. The predicted octanol–water partition coefficient (Wildman–Crippen LogP) is 2.83. The number of hydrogen-bond donors (Lipinski definition) is 1. The number of benzene rings is 1. The van der Waals surface area contributed by atoms with Gasteiger partial charge in [-0.1, -0.05) is 32.0 Å². The number of esters is 1. The average Bonchev–Trinajstić information content (AvgIpc) is 2.70. The van der Waals surface area contributed by atoms with E-state index in [9.17, 15) is 14.7 Å². The second kappa shape index (κ2) is 5.43. The molecule has 4 heteroatoms. The number of cyclic esters (lactones) is 1. The van der Waals surface area contributed by atoms with Crippen molar-refractivity contribution in [3.8, 4) is 0 Å². The van der Waals surface area contributed by atoms with E-state index in [-0.39, 0.29) is 23.9 Å². The Bertz CT molecular complexity index is 495. The molecular formula is C15H18O4. The van der Waals surface area contributed by atoms with E-state index >= 15 is 0 Å². The average molecular weight is 262 g/mol. The van der Waals surface area contributed by atoms with Crippen molar-refractivity contribution in [3.63, 3.8) is 0 Å². The molecule has 19 heavy (non-hydrogen) atoms. The summed E-state index contributed by atoms with van der Waals surface area (Å²) < 4.78 is 5.38. The maximum Gasteiger partial charge on any atom is 0.335 e. The molecule has 1 heterocycles. The highest BCUT2D eigenvalue weighted by Gasteiger charge is 2.37. The summed E-state index contributed by atoms with van der Waals surface area (Å²) in [6.07, 6.45) is 1.19. The first-order valence-corrected chi connectivity index (χ1v) is 6.57. The SMILES string of the molecule is CC[C@@H](c1ccccc1C(=O)O)[C@@H]1C[C@@H](C)C(=O)O1. The molecular weight excluding hydrogens is 244 g/mol. The molecule has 1 aliphatic rings. The summed E-state index contributed by atoms with van der Waals surface area (Å²) >= 11 is 0. The van der Waals surface area contributed by atoms with Crippen molar-refractivity contribution in [2.24, 2.45) is 5.92 Å². The molecule has 1 aromatic carbocycles. The third-order valence-corrected chi connectivity index (χ3v) is 3.74. The van der Waals surface area contributed by atoms with E-state index in [4.69, 9.17) is 4.74 Å². The molecule has 1 N–H and O–H groups in total. The minimum atomic E-state index is -0.938. The zero-order chi connectivity index (χ0) is 14.0. The second-order valence-corrected chi connectivity index (χ2v) is 5.02. The van der Waals surface area contributed by atoms with E-state index in [1.54, 1.807) is 12.1 Å². The van der Waals surface area contributed by atoms with Crippen molar-refractivity contribution in [3.05, 3.63) is 35.4 Å². The predicted molar refractivity (Wildman–Crippen MR) is 70.1 cm³/mol. The van der Waals surface area contributed by atoms with Crippen LogP contribution in [0.25, 0.3) is 0 Å². The van der Waals surface area contributed by atoms with Crippen LogP contribution in [0, 0.1) is 5.92 Å². The van der Waals surface area contributed by atoms with Gasteiger partial charge in [0.25, 0.3) is 0 Å². The van der Waals surface area contributed by atoms with Crippen LogP contribution in [0.2, 0.25) is 0 Å². The van der Waals surface area contributed by atoms with Crippen molar-refractivity contribution in [1.82, 2.24) is 0 Å².